The van der Waals surface area contributed by atoms with Gasteiger partial charge in [-0.1, -0.05) is 36.4 Å². The minimum atomic E-state index is -0.972. The first-order valence-electron chi connectivity index (χ1n) is 7.49. The van der Waals surface area contributed by atoms with Gasteiger partial charge in [-0.3, -0.25) is 0 Å². The van der Waals surface area contributed by atoms with Gasteiger partial charge in [-0.2, -0.15) is 0 Å². The number of rotatable bonds is 3. The minimum Gasteiger partial charge on any atom is -0.383 e. The molecule has 0 radical (unpaired) electrons. The van der Waals surface area contributed by atoms with Gasteiger partial charge in [-0.05, 0) is 48.6 Å². The summed E-state index contributed by atoms with van der Waals surface area (Å²) < 4.78 is 0. The normalized spacial score (nSPS) is 19.5. The maximum Gasteiger partial charge on any atom is 0.319 e. The lowest BCUT2D eigenvalue weighted by Crippen LogP contribution is -2.41. The second-order valence-corrected chi connectivity index (χ2v) is 5.87. The fourth-order valence-corrected chi connectivity index (χ4v) is 2.98. The van der Waals surface area contributed by atoms with Gasteiger partial charge in [0.15, 0.2) is 0 Å². The zero-order valence-electron chi connectivity index (χ0n) is 12.6. The van der Waals surface area contributed by atoms with Crippen molar-refractivity contribution < 1.29 is 9.90 Å². The summed E-state index contributed by atoms with van der Waals surface area (Å²) in [4.78, 5) is 12.0. The number of carbonyl (C=O) groups excluding carboxylic acids is 1. The summed E-state index contributed by atoms with van der Waals surface area (Å²) >= 11 is 0. The second kappa shape index (κ2) is 5.81. The number of hydrogen-bond acceptors (Lipinski definition) is 2. The van der Waals surface area contributed by atoms with Gasteiger partial charge in [0.2, 0.25) is 0 Å². The van der Waals surface area contributed by atoms with Crippen LogP contribution in [0.5, 0.6) is 0 Å². The van der Waals surface area contributed by atoms with E-state index in [1.807, 2.05) is 55.5 Å². The molecule has 2 aromatic rings. The highest BCUT2D eigenvalue weighted by molar-refractivity contribution is 5.89. The molecule has 2 aromatic carbocycles. The van der Waals surface area contributed by atoms with Crippen molar-refractivity contribution in [2.75, 3.05) is 11.9 Å². The SMILES string of the molecule is Cc1cccc(NC(=O)NCC2(O)CCc3ccccc32)c1. The monoisotopic (exact) mass is 296 g/mol. The molecule has 0 aliphatic heterocycles. The largest absolute Gasteiger partial charge is 0.383 e. The average molecular weight is 296 g/mol. The van der Waals surface area contributed by atoms with Crippen LogP contribution in [-0.4, -0.2) is 17.7 Å². The Labute approximate surface area is 130 Å². The standard InChI is InChI=1S/C18H20N2O2/c1-13-5-4-7-15(11-13)20-17(21)19-12-18(22)10-9-14-6-2-3-8-16(14)18/h2-8,11,22H,9-10,12H2,1H3,(H2,19,20,21). The van der Waals surface area contributed by atoms with E-state index in [4.69, 9.17) is 0 Å². The molecule has 3 N–H and O–H groups in total. The van der Waals surface area contributed by atoms with E-state index in [0.717, 1.165) is 28.8 Å². The Morgan fingerprint density at radius 3 is 2.86 bits per heavy atom. The molecule has 2 amide bonds. The molecule has 0 saturated heterocycles. The average Bonchev–Trinajstić information content (AvgIpc) is 2.84. The van der Waals surface area contributed by atoms with Crippen LogP contribution in [0.4, 0.5) is 10.5 Å². The lowest BCUT2D eigenvalue weighted by molar-refractivity contribution is 0.0417. The quantitative estimate of drug-likeness (QED) is 0.815. The van der Waals surface area contributed by atoms with Crippen LogP contribution in [0.3, 0.4) is 0 Å². The molecule has 1 aliphatic carbocycles. The number of aliphatic hydroxyl groups is 1. The summed E-state index contributed by atoms with van der Waals surface area (Å²) in [6, 6.07) is 15.2. The van der Waals surface area contributed by atoms with Crippen molar-refractivity contribution in [3.8, 4) is 0 Å². The summed E-state index contributed by atoms with van der Waals surface area (Å²) in [5, 5.41) is 16.3. The Bertz CT molecular complexity index is 699. The molecule has 1 atom stereocenters. The van der Waals surface area contributed by atoms with Crippen molar-refractivity contribution in [3.63, 3.8) is 0 Å². The number of benzene rings is 2. The third-order valence-electron chi connectivity index (χ3n) is 4.14. The van der Waals surface area contributed by atoms with Gasteiger partial charge < -0.3 is 15.7 Å². The van der Waals surface area contributed by atoms with Crippen LogP contribution in [0.2, 0.25) is 0 Å². The minimum absolute atomic E-state index is 0.210. The molecule has 22 heavy (non-hydrogen) atoms. The fraction of sp³-hybridized carbons (Fsp3) is 0.278. The highest BCUT2D eigenvalue weighted by atomic mass is 16.3. The molecule has 4 heteroatoms. The molecule has 3 rings (SSSR count). The molecular weight excluding hydrogens is 276 g/mol. The topological polar surface area (TPSA) is 61.4 Å². The lowest BCUT2D eigenvalue weighted by atomic mass is 9.96. The van der Waals surface area contributed by atoms with E-state index in [2.05, 4.69) is 10.6 Å². The molecule has 1 aliphatic rings. The van der Waals surface area contributed by atoms with Crippen LogP contribution < -0.4 is 10.6 Å². The molecule has 4 nitrogen and oxygen atoms in total. The number of carbonyl (C=O) groups is 1. The maximum absolute atomic E-state index is 12.0. The third-order valence-corrected chi connectivity index (χ3v) is 4.14. The lowest BCUT2D eigenvalue weighted by Gasteiger charge is -2.24. The van der Waals surface area contributed by atoms with Gasteiger partial charge in [0.25, 0.3) is 0 Å². The molecule has 0 aromatic heterocycles. The molecule has 0 bridgehead atoms. The van der Waals surface area contributed by atoms with E-state index in [-0.39, 0.29) is 12.6 Å². The van der Waals surface area contributed by atoms with Crippen molar-refractivity contribution in [2.24, 2.45) is 0 Å². The smallest absolute Gasteiger partial charge is 0.319 e. The van der Waals surface area contributed by atoms with Gasteiger partial charge in [0, 0.05) is 5.69 Å². The first-order valence-corrected chi connectivity index (χ1v) is 7.49. The van der Waals surface area contributed by atoms with Gasteiger partial charge in [-0.25, -0.2) is 4.79 Å². The van der Waals surface area contributed by atoms with E-state index < -0.39 is 5.60 Å². The molecule has 0 heterocycles. The van der Waals surface area contributed by atoms with Crippen LogP contribution in [0.15, 0.2) is 48.5 Å². The van der Waals surface area contributed by atoms with Crippen LogP contribution in [0, 0.1) is 6.92 Å². The summed E-state index contributed by atoms with van der Waals surface area (Å²) in [6.07, 6.45) is 1.48. The van der Waals surface area contributed by atoms with Crippen LogP contribution in [-0.2, 0) is 12.0 Å². The number of amides is 2. The highest BCUT2D eigenvalue weighted by Crippen LogP contribution is 2.36. The highest BCUT2D eigenvalue weighted by Gasteiger charge is 2.36. The zero-order chi connectivity index (χ0) is 15.6. The number of anilines is 1. The summed E-state index contributed by atoms with van der Waals surface area (Å²) in [6.45, 7) is 2.18. The number of urea groups is 1. The fourth-order valence-electron chi connectivity index (χ4n) is 2.98. The number of nitrogens with one attached hydrogen (secondary N) is 2. The molecule has 1 unspecified atom stereocenters. The number of fused-ring (bicyclic) bond motifs is 1. The summed E-state index contributed by atoms with van der Waals surface area (Å²) in [5.41, 5.74) is 2.94. The summed E-state index contributed by atoms with van der Waals surface area (Å²) in [7, 11) is 0. The second-order valence-electron chi connectivity index (χ2n) is 5.87. The third kappa shape index (κ3) is 2.97. The van der Waals surface area contributed by atoms with Gasteiger partial charge in [0.1, 0.15) is 5.60 Å². The van der Waals surface area contributed by atoms with Crippen LogP contribution in [0.1, 0.15) is 23.1 Å². The maximum atomic E-state index is 12.0. The van der Waals surface area contributed by atoms with Gasteiger partial charge >= 0.3 is 6.03 Å². The first kappa shape index (κ1) is 14.6. The Balaban J connectivity index is 1.62. The van der Waals surface area contributed by atoms with E-state index in [9.17, 15) is 9.90 Å². The van der Waals surface area contributed by atoms with Crippen molar-refractivity contribution >= 4 is 11.7 Å². The van der Waals surface area contributed by atoms with E-state index in [1.54, 1.807) is 0 Å². The predicted molar refractivity (Wildman–Crippen MR) is 86.9 cm³/mol. The first-order chi connectivity index (χ1) is 10.6. The molecule has 0 fully saturated rings. The number of aryl methyl sites for hydroxylation is 2. The van der Waals surface area contributed by atoms with Crippen molar-refractivity contribution in [1.82, 2.24) is 5.32 Å². The van der Waals surface area contributed by atoms with Crippen LogP contribution in [0.25, 0.3) is 0 Å². The van der Waals surface area contributed by atoms with Crippen molar-refractivity contribution in [2.45, 2.75) is 25.4 Å². The summed E-state index contributed by atoms with van der Waals surface area (Å²) in [5.74, 6) is 0. The number of hydrogen-bond donors (Lipinski definition) is 3. The van der Waals surface area contributed by atoms with E-state index in [1.165, 1.54) is 0 Å². The zero-order valence-corrected chi connectivity index (χ0v) is 12.6. The van der Waals surface area contributed by atoms with Crippen LogP contribution >= 0.6 is 0 Å². The Kier molecular flexibility index (Phi) is 3.86. The van der Waals surface area contributed by atoms with Crippen molar-refractivity contribution in [3.05, 3.63) is 65.2 Å². The molecule has 0 spiro atoms. The molecule has 114 valence electrons. The Morgan fingerprint density at radius 2 is 2.05 bits per heavy atom. The Morgan fingerprint density at radius 1 is 1.23 bits per heavy atom. The predicted octanol–water partition coefficient (Wildman–Crippen LogP) is 2.95. The molecular formula is C18H20N2O2. The van der Waals surface area contributed by atoms with Gasteiger partial charge in [0.05, 0.1) is 6.54 Å². The van der Waals surface area contributed by atoms with Crippen molar-refractivity contribution in [1.29, 1.82) is 0 Å². The van der Waals surface area contributed by atoms with E-state index >= 15 is 0 Å². The van der Waals surface area contributed by atoms with E-state index in [0.29, 0.717) is 6.42 Å². The Hall–Kier alpha value is -2.33. The molecule has 0 saturated carbocycles. The van der Waals surface area contributed by atoms with Gasteiger partial charge in [-0.15, -0.1) is 0 Å².